The van der Waals surface area contributed by atoms with Crippen LogP contribution >= 0.6 is 0 Å². The van der Waals surface area contributed by atoms with Crippen LogP contribution in [-0.2, 0) is 28.6 Å². The van der Waals surface area contributed by atoms with Gasteiger partial charge in [0.2, 0.25) is 0 Å². The molecule has 0 spiro atoms. The predicted molar refractivity (Wildman–Crippen MR) is 325 cm³/mol. The van der Waals surface area contributed by atoms with Crippen LogP contribution in [0.1, 0.15) is 278 Å². The van der Waals surface area contributed by atoms with Crippen LogP contribution in [0.15, 0.2) is 122 Å². The summed E-state index contributed by atoms with van der Waals surface area (Å²) in [6.07, 6.45) is 86.3. The summed E-state index contributed by atoms with van der Waals surface area (Å²) in [5.41, 5.74) is 0. The SMILES string of the molecule is CC/C=C\C/C=C\C/C=C\C/C=C\CCCCCCCCCCCCCCC(=O)OCC(COC(=O)CCCCC/C=C\C/C=C\C/C=C\CC)OC(=O)CCCCCCCC/C=C\C/C=C\C/C=C\CCCCC. The molecule has 0 saturated heterocycles. The molecule has 0 radical (unpaired) electrons. The lowest BCUT2D eigenvalue weighted by Gasteiger charge is -2.18. The minimum absolute atomic E-state index is 0.0959. The molecule has 0 saturated carbocycles. The molecule has 0 aromatic carbocycles. The first-order chi connectivity index (χ1) is 37.0. The monoisotopic (exact) mass is 1040 g/mol. The molecule has 0 heterocycles. The van der Waals surface area contributed by atoms with Crippen LogP contribution in [0.2, 0.25) is 0 Å². The molecule has 1 unspecified atom stereocenters. The fourth-order valence-corrected chi connectivity index (χ4v) is 8.34. The van der Waals surface area contributed by atoms with E-state index in [1.165, 1.54) is 103 Å². The second-order valence-corrected chi connectivity index (χ2v) is 20.2. The maximum absolute atomic E-state index is 12.9. The summed E-state index contributed by atoms with van der Waals surface area (Å²) in [5.74, 6) is -0.938. The van der Waals surface area contributed by atoms with Gasteiger partial charge in [-0.1, -0.05) is 251 Å². The highest BCUT2D eigenvalue weighted by molar-refractivity contribution is 5.71. The van der Waals surface area contributed by atoms with E-state index in [0.717, 1.165) is 135 Å². The van der Waals surface area contributed by atoms with Gasteiger partial charge in [0.25, 0.3) is 0 Å². The smallest absolute Gasteiger partial charge is 0.306 e. The van der Waals surface area contributed by atoms with Gasteiger partial charge in [-0.25, -0.2) is 0 Å². The summed E-state index contributed by atoms with van der Waals surface area (Å²) in [5, 5.41) is 0. The van der Waals surface area contributed by atoms with Crippen molar-refractivity contribution in [2.45, 2.75) is 284 Å². The van der Waals surface area contributed by atoms with Gasteiger partial charge in [-0.3, -0.25) is 14.4 Å². The molecule has 426 valence electrons. The first-order valence-electron chi connectivity index (χ1n) is 31.0. The molecule has 0 rings (SSSR count). The predicted octanol–water partition coefficient (Wildman–Crippen LogP) is 21.2. The molecule has 0 aliphatic rings. The highest BCUT2D eigenvalue weighted by atomic mass is 16.6. The van der Waals surface area contributed by atoms with E-state index in [4.69, 9.17) is 14.2 Å². The fraction of sp³-hybridized carbons (Fsp3) is 0.667. The maximum atomic E-state index is 12.9. The van der Waals surface area contributed by atoms with Gasteiger partial charge in [0.15, 0.2) is 6.10 Å². The van der Waals surface area contributed by atoms with Crippen molar-refractivity contribution in [3.05, 3.63) is 122 Å². The molecule has 0 aromatic rings. The maximum Gasteiger partial charge on any atom is 0.306 e. The second-order valence-electron chi connectivity index (χ2n) is 20.2. The molecule has 0 N–H and O–H groups in total. The molecular weight excluding hydrogens is 925 g/mol. The van der Waals surface area contributed by atoms with Crippen molar-refractivity contribution >= 4 is 17.9 Å². The Labute approximate surface area is 462 Å². The van der Waals surface area contributed by atoms with Crippen LogP contribution in [0.5, 0.6) is 0 Å². The molecular formula is C69H114O6. The van der Waals surface area contributed by atoms with E-state index in [2.05, 4.69) is 142 Å². The summed E-state index contributed by atoms with van der Waals surface area (Å²) in [6, 6.07) is 0. The van der Waals surface area contributed by atoms with E-state index in [1.54, 1.807) is 0 Å². The van der Waals surface area contributed by atoms with Crippen LogP contribution in [0.4, 0.5) is 0 Å². The van der Waals surface area contributed by atoms with Crippen molar-refractivity contribution in [2.24, 2.45) is 0 Å². The van der Waals surface area contributed by atoms with E-state index in [0.29, 0.717) is 19.3 Å². The van der Waals surface area contributed by atoms with Crippen LogP contribution in [0.25, 0.3) is 0 Å². The lowest BCUT2D eigenvalue weighted by molar-refractivity contribution is -0.167. The molecule has 75 heavy (non-hydrogen) atoms. The standard InChI is InChI=1S/C69H114O6/c1-4-7-10-13-16-19-22-25-27-29-31-32-33-34-35-36-38-39-41-44-47-50-53-56-59-62-68(71)74-65-66(64-73-67(70)61-58-55-52-49-46-43-24-21-18-15-12-9-6-3)75-69(72)63-60-57-54-51-48-45-42-40-37-30-28-26-23-20-17-14-11-8-5-2/h7,9-10,12,16-21,25-28,31-32,37,40,43,46,66H,4-6,8,11,13-15,22-24,29-30,33-36,38-39,41-42,44-45,47-65H2,1-3H3/b10-7-,12-9-,19-16-,20-17-,21-18-,27-25-,28-26-,32-31-,40-37-,46-43-. The van der Waals surface area contributed by atoms with Gasteiger partial charge < -0.3 is 14.2 Å². The summed E-state index contributed by atoms with van der Waals surface area (Å²) < 4.78 is 16.9. The van der Waals surface area contributed by atoms with Crippen LogP contribution in [0.3, 0.4) is 0 Å². The molecule has 0 aliphatic heterocycles. The summed E-state index contributed by atoms with van der Waals surface area (Å²) in [4.78, 5) is 38.3. The van der Waals surface area contributed by atoms with Gasteiger partial charge in [0.05, 0.1) is 0 Å². The number of unbranched alkanes of at least 4 members (excludes halogenated alkanes) is 24. The third-order valence-corrected chi connectivity index (χ3v) is 12.9. The number of carbonyl (C=O) groups is 3. The third kappa shape index (κ3) is 60.6. The van der Waals surface area contributed by atoms with E-state index in [9.17, 15) is 14.4 Å². The number of rotatable bonds is 55. The lowest BCUT2D eigenvalue weighted by atomic mass is 10.0. The molecule has 0 amide bonds. The number of ether oxygens (including phenoxy) is 3. The highest BCUT2D eigenvalue weighted by Crippen LogP contribution is 2.15. The number of esters is 3. The zero-order valence-corrected chi connectivity index (χ0v) is 48.8. The molecule has 0 aliphatic carbocycles. The van der Waals surface area contributed by atoms with Gasteiger partial charge in [0, 0.05) is 19.3 Å². The normalized spacial score (nSPS) is 12.9. The molecule has 0 aromatic heterocycles. The Bertz CT molecular complexity index is 1570. The minimum atomic E-state index is -0.802. The number of hydrogen-bond acceptors (Lipinski definition) is 6. The second kappa shape index (κ2) is 62.4. The van der Waals surface area contributed by atoms with Crippen molar-refractivity contribution in [1.82, 2.24) is 0 Å². The molecule has 0 fully saturated rings. The number of carbonyl (C=O) groups excluding carboxylic acids is 3. The summed E-state index contributed by atoms with van der Waals surface area (Å²) >= 11 is 0. The minimum Gasteiger partial charge on any atom is -0.462 e. The van der Waals surface area contributed by atoms with E-state index in [-0.39, 0.29) is 31.1 Å². The zero-order chi connectivity index (χ0) is 54.3. The van der Waals surface area contributed by atoms with Gasteiger partial charge >= 0.3 is 17.9 Å². The Morgan fingerprint density at radius 1 is 0.280 bits per heavy atom. The molecule has 6 heteroatoms. The largest absolute Gasteiger partial charge is 0.462 e. The van der Waals surface area contributed by atoms with Crippen LogP contribution in [0, 0.1) is 0 Å². The Morgan fingerprint density at radius 2 is 0.520 bits per heavy atom. The zero-order valence-electron chi connectivity index (χ0n) is 48.8. The molecule has 1 atom stereocenters. The average Bonchev–Trinajstić information content (AvgIpc) is 3.41. The number of allylic oxidation sites excluding steroid dienone is 20. The highest BCUT2D eigenvalue weighted by Gasteiger charge is 2.19. The van der Waals surface area contributed by atoms with Crippen LogP contribution < -0.4 is 0 Å². The first kappa shape index (κ1) is 70.8. The van der Waals surface area contributed by atoms with Gasteiger partial charge in [-0.15, -0.1) is 0 Å². The van der Waals surface area contributed by atoms with Crippen LogP contribution in [-0.4, -0.2) is 37.2 Å². The quantitative estimate of drug-likeness (QED) is 0.0261. The van der Waals surface area contributed by atoms with E-state index >= 15 is 0 Å². The first-order valence-corrected chi connectivity index (χ1v) is 31.0. The van der Waals surface area contributed by atoms with Gasteiger partial charge in [-0.2, -0.15) is 0 Å². The fourth-order valence-electron chi connectivity index (χ4n) is 8.34. The molecule has 0 bridgehead atoms. The average molecular weight is 1040 g/mol. The van der Waals surface area contributed by atoms with Gasteiger partial charge in [0.1, 0.15) is 13.2 Å². The topological polar surface area (TPSA) is 78.9 Å². The van der Waals surface area contributed by atoms with Crippen molar-refractivity contribution in [2.75, 3.05) is 13.2 Å². The summed E-state index contributed by atoms with van der Waals surface area (Å²) in [7, 11) is 0. The summed E-state index contributed by atoms with van der Waals surface area (Å²) in [6.45, 7) is 6.36. The Morgan fingerprint density at radius 3 is 0.827 bits per heavy atom. The van der Waals surface area contributed by atoms with Gasteiger partial charge in [-0.05, 0) is 128 Å². The third-order valence-electron chi connectivity index (χ3n) is 12.9. The Hall–Kier alpha value is -4.19. The number of hydrogen-bond donors (Lipinski definition) is 0. The van der Waals surface area contributed by atoms with E-state index < -0.39 is 6.10 Å². The Balaban J connectivity index is 4.37. The lowest BCUT2D eigenvalue weighted by Crippen LogP contribution is -2.30. The van der Waals surface area contributed by atoms with Crippen molar-refractivity contribution in [1.29, 1.82) is 0 Å². The van der Waals surface area contributed by atoms with Crippen molar-refractivity contribution in [3.8, 4) is 0 Å². The van der Waals surface area contributed by atoms with Crippen molar-refractivity contribution in [3.63, 3.8) is 0 Å². The van der Waals surface area contributed by atoms with E-state index in [1.807, 2.05) is 0 Å². The Kier molecular flexibility index (Phi) is 58.9. The molecule has 6 nitrogen and oxygen atoms in total. The van der Waals surface area contributed by atoms with Crippen molar-refractivity contribution < 1.29 is 28.6 Å².